The van der Waals surface area contributed by atoms with Crippen molar-refractivity contribution in [1.82, 2.24) is 10.6 Å². The highest BCUT2D eigenvalue weighted by molar-refractivity contribution is 5.73. The number of anilines is 1. The van der Waals surface area contributed by atoms with Crippen LogP contribution in [0.15, 0.2) is 36.4 Å². The lowest BCUT2D eigenvalue weighted by atomic mass is 9.89. The second-order valence-corrected chi connectivity index (χ2v) is 7.08. The summed E-state index contributed by atoms with van der Waals surface area (Å²) in [5.41, 5.74) is 2.20. The first-order valence-corrected chi connectivity index (χ1v) is 8.62. The first-order valence-electron chi connectivity index (χ1n) is 8.62. The molecule has 0 saturated heterocycles. The Morgan fingerprint density at radius 3 is 2.71 bits per heavy atom. The second-order valence-electron chi connectivity index (χ2n) is 7.08. The molecule has 0 saturated carbocycles. The third kappa shape index (κ3) is 5.89. The van der Waals surface area contributed by atoms with Crippen LogP contribution in [0.4, 0.5) is 10.5 Å². The van der Waals surface area contributed by atoms with Gasteiger partial charge in [-0.25, -0.2) is 4.79 Å². The van der Waals surface area contributed by atoms with Crippen LogP contribution < -0.4 is 15.5 Å². The Balaban J connectivity index is 1.69. The van der Waals surface area contributed by atoms with Crippen LogP contribution in [0.3, 0.4) is 0 Å². The molecule has 132 valence electrons. The minimum Gasteiger partial charge on any atom is -0.396 e. The maximum absolute atomic E-state index is 11.9. The van der Waals surface area contributed by atoms with E-state index in [1.165, 1.54) is 5.69 Å². The summed E-state index contributed by atoms with van der Waals surface area (Å²) in [6, 6.07) is 8.12. The van der Waals surface area contributed by atoms with E-state index in [4.69, 9.17) is 0 Å². The highest BCUT2D eigenvalue weighted by atomic mass is 16.3. The average Bonchev–Trinajstić information content (AvgIpc) is 3.12. The monoisotopic (exact) mass is 331 g/mol. The van der Waals surface area contributed by atoms with Crippen molar-refractivity contribution in [3.63, 3.8) is 0 Å². The third-order valence-electron chi connectivity index (χ3n) is 4.29. The van der Waals surface area contributed by atoms with E-state index in [1.807, 2.05) is 26.0 Å². The molecular formula is C19H29N3O2. The number of hydrogen-bond acceptors (Lipinski definition) is 3. The van der Waals surface area contributed by atoms with Crippen molar-refractivity contribution >= 4 is 11.7 Å². The van der Waals surface area contributed by atoms with Crippen LogP contribution in [-0.2, 0) is 6.54 Å². The molecule has 0 aromatic heterocycles. The molecular weight excluding hydrogens is 302 g/mol. The Labute approximate surface area is 144 Å². The Morgan fingerprint density at radius 1 is 1.25 bits per heavy atom. The molecule has 0 atom stereocenters. The number of hydrogen-bond donors (Lipinski definition) is 3. The summed E-state index contributed by atoms with van der Waals surface area (Å²) in [7, 11) is 0. The van der Waals surface area contributed by atoms with Crippen LogP contribution in [0, 0.1) is 5.41 Å². The standard InChI is InChI=1S/C19H29N3O2/c1-19(2,15-23)9-6-10-20-18(24)21-14-16-7-5-8-17(13-16)22-11-3-4-12-22/h3-5,7-8,13,23H,6,9-12,14-15H2,1-2H3,(H2,20,21,24). The van der Waals surface area contributed by atoms with E-state index in [-0.39, 0.29) is 18.1 Å². The lowest BCUT2D eigenvalue weighted by molar-refractivity contribution is 0.148. The number of urea groups is 1. The lowest BCUT2D eigenvalue weighted by Gasteiger charge is -2.21. The molecule has 0 spiro atoms. The molecule has 1 heterocycles. The van der Waals surface area contributed by atoms with E-state index in [0.717, 1.165) is 31.5 Å². The van der Waals surface area contributed by atoms with Gasteiger partial charge in [-0.3, -0.25) is 0 Å². The molecule has 5 heteroatoms. The summed E-state index contributed by atoms with van der Waals surface area (Å²) >= 11 is 0. The Morgan fingerprint density at radius 2 is 2.00 bits per heavy atom. The van der Waals surface area contributed by atoms with Gasteiger partial charge in [-0.1, -0.05) is 38.1 Å². The lowest BCUT2D eigenvalue weighted by Crippen LogP contribution is -2.36. The van der Waals surface area contributed by atoms with E-state index >= 15 is 0 Å². The number of benzene rings is 1. The zero-order valence-electron chi connectivity index (χ0n) is 14.7. The second kappa shape index (κ2) is 8.73. The molecule has 2 amide bonds. The Kier molecular flexibility index (Phi) is 6.67. The fourth-order valence-corrected chi connectivity index (χ4v) is 2.64. The Hall–Kier alpha value is -2.01. The molecule has 0 aliphatic carbocycles. The van der Waals surface area contributed by atoms with Crippen LogP contribution in [-0.4, -0.2) is 37.4 Å². The zero-order valence-corrected chi connectivity index (χ0v) is 14.7. The van der Waals surface area contributed by atoms with E-state index < -0.39 is 0 Å². The Bertz CT molecular complexity index is 561. The summed E-state index contributed by atoms with van der Waals surface area (Å²) < 4.78 is 0. The van der Waals surface area contributed by atoms with Gasteiger partial charge in [-0.15, -0.1) is 0 Å². The summed E-state index contributed by atoms with van der Waals surface area (Å²) in [6.45, 7) is 7.24. The van der Waals surface area contributed by atoms with E-state index in [0.29, 0.717) is 13.1 Å². The van der Waals surface area contributed by atoms with Crippen molar-refractivity contribution in [3.05, 3.63) is 42.0 Å². The molecule has 1 aliphatic heterocycles. The minimum absolute atomic E-state index is 0.0803. The highest BCUT2D eigenvalue weighted by Gasteiger charge is 2.15. The number of aliphatic hydroxyl groups is 1. The van der Waals surface area contributed by atoms with Gasteiger partial charge in [0.05, 0.1) is 0 Å². The van der Waals surface area contributed by atoms with Crippen LogP contribution >= 0.6 is 0 Å². The van der Waals surface area contributed by atoms with Crippen molar-refractivity contribution in [3.8, 4) is 0 Å². The van der Waals surface area contributed by atoms with Gasteiger partial charge in [0.1, 0.15) is 0 Å². The van der Waals surface area contributed by atoms with E-state index in [9.17, 15) is 9.90 Å². The number of nitrogens with one attached hydrogen (secondary N) is 2. The van der Waals surface area contributed by atoms with Crippen molar-refractivity contribution < 1.29 is 9.90 Å². The van der Waals surface area contributed by atoms with E-state index in [1.54, 1.807) is 0 Å². The van der Waals surface area contributed by atoms with Crippen LogP contribution in [0.1, 0.15) is 32.3 Å². The minimum atomic E-state index is -0.148. The molecule has 1 aromatic carbocycles. The number of amides is 2. The predicted octanol–water partition coefficient (Wildman–Crippen LogP) is 2.66. The van der Waals surface area contributed by atoms with Crippen molar-refractivity contribution in [2.75, 3.05) is 31.1 Å². The number of carbonyl (C=O) groups excluding carboxylic acids is 1. The van der Waals surface area contributed by atoms with Crippen molar-refractivity contribution in [2.24, 2.45) is 5.41 Å². The van der Waals surface area contributed by atoms with Gasteiger partial charge in [0.15, 0.2) is 0 Å². The maximum atomic E-state index is 11.9. The molecule has 3 N–H and O–H groups in total. The average molecular weight is 331 g/mol. The molecule has 1 aliphatic rings. The summed E-state index contributed by atoms with van der Waals surface area (Å²) in [6.07, 6.45) is 6.07. The maximum Gasteiger partial charge on any atom is 0.315 e. The fourth-order valence-electron chi connectivity index (χ4n) is 2.64. The molecule has 0 unspecified atom stereocenters. The summed E-state index contributed by atoms with van der Waals surface area (Å²) in [5, 5.41) is 15.0. The first kappa shape index (κ1) is 18.3. The quantitative estimate of drug-likeness (QED) is 0.507. The number of carbonyl (C=O) groups is 1. The van der Waals surface area contributed by atoms with Gasteiger partial charge < -0.3 is 20.6 Å². The molecule has 0 bridgehead atoms. The van der Waals surface area contributed by atoms with Gasteiger partial charge in [-0.05, 0) is 36.0 Å². The van der Waals surface area contributed by atoms with Crippen molar-refractivity contribution in [1.29, 1.82) is 0 Å². The van der Waals surface area contributed by atoms with Crippen LogP contribution in [0.2, 0.25) is 0 Å². The van der Waals surface area contributed by atoms with Crippen molar-refractivity contribution in [2.45, 2.75) is 33.2 Å². The number of aliphatic hydroxyl groups excluding tert-OH is 1. The SMILES string of the molecule is CC(C)(CO)CCCNC(=O)NCc1cccc(N2CC=CC2)c1. The molecule has 2 rings (SSSR count). The molecule has 1 aromatic rings. The van der Waals surface area contributed by atoms with E-state index in [2.05, 4.69) is 39.8 Å². The van der Waals surface area contributed by atoms with Crippen LogP contribution in [0.25, 0.3) is 0 Å². The topological polar surface area (TPSA) is 64.6 Å². The summed E-state index contributed by atoms with van der Waals surface area (Å²) in [4.78, 5) is 14.1. The largest absolute Gasteiger partial charge is 0.396 e. The van der Waals surface area contributed by atoms with Gasteiger partial charge >= 0.3 is 6.03 Å². The van der Waals surface area contributed by atoms with Gasteiger partial charge in [0.25, 0.3) is 0 Å². The van der Waals surface area contributed by atoms with Gasteiger partial charge in [0, 0.05) is 38.5 Å². The smallest absolute Gasteiger partial charge is 0.315 e. The zero-order chi connectivity index (χ0) is 17.4. The number of rotatable bonds is 8. The summed E-state index contributed by atoms with van der Waals surface area (Å²) in [5.74, 6) is 0. The fraction of sp³-hybridized carbons (Fsp3) is 0.526. The molecule has 0 radical (unpaired) electrons. The third-order valence-corrected chi connectivity index (χ3v) is 4.29. The van der Waals surface area contributed by atoms with Gasteiger partial charge in [0.2, 0.25) is 0 Å². The highest BCUT2D eigenvalue weighted by Crippen LogP contribution is 2.20. The molecule has 24 heavy (non-hydrogen) atoms. The molecule has 0 fully saturated rings. The normalized spacial score (nSPS) is 14.0. The van der Waals surface area contributed by atoms with Gasteiger partial charge in [-0.2, -0.15) is 0 Å². The first-order chi connectivity index (χ1) is 11.5. The predicted molar refractivity (Wildman–Crippen MR) is 98.1 cm³/mol. The van der Waals surface area contributed by atoms with Crippen LogP contribution in [0.5, 0.6) is 0 Å². The molecule has 5 nitrogen and oxygen atoms in total. The number of nitrogens with zero attached hydrogens (tertiary/aromatic N) is 1.